The van der Waals surface area contributed by atoms with E-state index in [9.17, 15) is 0 Å². The van der Waals surface area contributed by atoms with Crippen molar-refractivity contribution in [3.63, 3.8) is 0 Å². The molecule has 4 aromatic rings. The number of hydrogen-bond acceptors (Lipinski definition) is 10. The van der Waals surface area contributed by atoms with Gasteiger partial charge < -0.3 is 39.8 Å². The molecule has 0 radical (unpaired) electrons. The molecular weight excluding hydrogens is 390 g/mol. The second-order valence-corrected chi connectivity index (χ2v) is 6.99. The minimum Gasteiger partial charge on any atom is -0.423 e. The largest absolute Gasteiger partial charge is 0.488 e. The van der Waals surface area contributed by atoms with Gasteiger partial charge in [-0.25, -0.2) is 0 Å². The van der Waals surface area contributed by atoms with Gasteiger partial charge in [0.1, 0.15) is 0 Å². The average Bonchev–Trinajstić information content (AvgIpc) is 3.32. The molecule has 6 N–H and O–H groups in total. The predicted octanol–water partition coefficient (Wildman–Crippen LogP) is -0.369. The molecule has 1 aliphatic carbocycles. The maximum absolute atomic E-state index is 9.09. The lowest BCUT2D eigenvalue weighted by molar-refractivity contribution is 0.424. The van der Waals surface area contributed by atoms with Gasteiger partial charge in [-0.3, -0.25) is 0 Å². The Morgan fingerprint density at radius 3 is 1.80 bits per heavy atom. The van der Waals surface area contributed by atoms with Crippen LogP contribution in [-0.2, 0) is 0 Å². The summed E-state index contributed by atoms with van der Waals surface area (Å²) in [4.78, 5) is 0. The Bertz CT molecular complexity index is 1160. The van der Waals surface area contributed by atoms with Gasteiger partial charge in [0.2, 0.25) is 0 Å². The summed E-state index contributed by atoms with van der Waals surface area (Å²) in [5.41, 5.74) is 2.11. The second kappa shape index (κ2) is 8.36. The average molecular weight is 410 g/mol. The van der Waals surface area contributed by atoms with E-state index in [1.807, 2.05) is 0 Å². The predicted molar refractivity (Wildman–Crippen MR) is 114 cm³/mol. The minimum atomic E-state index is -1.47. The van der Waals surface area contributed by atoms with Crippen LogP contribution < -0.4 is 21.6 Å². The molecule has 2 aromatic heterocycles. The molecule has 2 heterocycles. The van der Waals surface area contributed by atoms with Crippen LogP contribution >= 0.6 is 0 Å². The van der Waals surface area contributed by atoms with E-state index in [0.29, 0.717) is 39.8 Å². The van der Waals surface area contributed by atoms with Crippen molar-refractivity contribution in [1.29, 1.82) is 0 Å². The van der Waals surface area contributed by atoms with E-state index in [1.54, 1.807) is 43.4 Å². The summed E-state index contributed by atoms with van der Waals surface area (Å²) in [5, 5.41) is 51.4. The smallest absolute Gasteiger partial charge is 0.423 e. The highest BCUT2D eigenvalue weighted by molar-refractivity contribution is 6.59. The summed E-state index contributed by atoms with van der Waals surface area (Å²) in [5.74, 6) is 1.27. The van der Waals surface area contributed by atoms with Crippen LogP contribution in [0.25, 0.3) is 21.9 Å². The summed E-state index contributed by atoms with van der Waals surface area (Å²) in [7, 11) is -1.22. The highest BCUT2D eigenvalue weighted by atomic mass is 16.5. The molecule has 0 saturated heterocycles. The topological polar surface area (TPSA) is 157 Å². The van der Waals surface area contributed by atoms with Crippen LogP contribution in [0.4, 0.5) is 11.6 Å². The van der Waals surface area contributed by atoms with Crippen LogP contribution in [0, 0.1) is 0 Å². The molecule has 10 nitrogen and oxygen atoms in total. The van der Waals surface area contributed by atoms with Crippen molar-refractivity contribution >= 4 is 58.7 Å². The highest BCUT2D eigenvalue weighted by Gasteiger charge is 2.24. The van der Waals surface area contributed by atoms with Crippen molar-refractivity contribution in [2.45, 2.75) is 18.9 Å². The zero-order valence-corrected chi connectivity index (χ0v) is 16.1. The van der Waals surface area contributed by atoms with Crippen molar-refractivity contribution in [2.24, 2.45) is 0 Å². The Hall–Kier alpha value is -3.05. The Labute approximate surface area is 171 Å². The van der Waals surface area contributed by atoms with Crippen LogP contribution in [0.15, 0.2) is 45.4 Å². The molecule has 30 heavy (non-hydrogen) atoms. The van der Waals surface area contributed by atoms with Crippen LogP contribution in [-0.4, -0.2) is 57.7 Å². The van der Waals surface area contributed by atoms with Crippen molar-refractivity contribution in [1.82, 2.24) is 10.3 Å². The molecule has 0 amide bonds. The minimum absolute atomic E-state index is 0.414. The van der Waals surface area contributed by atoms with Crippen LogP contribution in [0.5, 0.6) is 0 Å². The van der Waals surface area contributed by atoms with Crippen LogP contribution in [0.3, 0.4) is 0 Å². The highest BCUT2D eigenvalue weighted by Crippen LogP contribution is 2.28. The van der Waals surface area contributed by atoms with Crippen molar-refractivity contribution in [2.75, 3.05) is 17.7 Å². The lowest BCUT2D eigenvalue weighted by atomic mass is 9.80. The Balaban J connectivity index is 0.000000147. The summed E-state index contributed by atoms with van der Waals surface area (Å²) in [6.07, 6.45) is 2.30. The third-order valence-corrected chi connectivity index (χ3v) is 4.74. The van der Waals surface area contributed by atoms with E-state index >= 15 is 0 Å². The molecule has 0 atom stereocenters. The maximum atomic E-state index is 9.09. The number of nitrogens with one attached hydrogen (secondary N) is 2. The first-order valence-corrected chi connectivity index (χ1v) is 9.41. The van der Waals surface area contributed by atoms with Crippen LogP contribution in [0.1, 0.15) is 12.8 Å². The number of rotatable bonds is 5. The third kappa shape index (κ3) is 4.26. The van der Waals surface area contributed by atoms with Gasteiger partial charge in [0.15, 0.2) is 22.8 Å². The van der Waals surface area contributed by atoms with E-state index in [-0.39, 0.29) is 0 Å². The monoisotopic (exact) mass is 410 g/mol. The number of nitrogens with zero attached hydrogens (tertiary/aromatic N) is 2. The van der Waals surface area contributed by atoms with Crippen molar-refractivity contribution in [3.8, 4) is 0 Å². The van der Waals surface area contributed by atoms with Gasteiger partial charge in [-0.05, 0) is 48.0 Å². The van der Waals surface area contributed by atoms with Crippen LogP contribution in [0.2, 0.25) is 0 Å². The van der Waals surface area contributed by atoms with Gasteiger partial charge in [0.05, 0.1) is 10.8 Å². The first-order valence-electron chi connectivity index (χ1n) is 9.41. The summed E-state index contributed by atoms with van der Waals surface area (Å²) >= 11 is 0. The van der Waals surface area contributed by atoms with Gasteiger partial charge in [0, 0.05) is 13.1 Å². The van der Waals surface area contributed by atoms with Gasteiger partial charge in [0.25, 0.3) is 0 Å². The molecule has 0 aliphatic heterocycles. The Kier molecular flexibility index (Phi) is 5.64. The molecule has 1 aliphatic rings. The molecule has 1 saturated carbocycles. The number of hydrogen-bond donors (Lipinski definition) is 6. The molecule has 0 unspecified atom stereocenters. The van der Waals surface area contributed by atoms with Crippen molar-refractivity contribution in [3.05, 3.63) is 36.4 Å². The fourth-order valence-electron chi connectivity index (χ4n) is 2.94. The van der Waals surface area contributed by atoms with E-state index in [4.69, 9.17) is 29.1 Å². The molecule has 0 spiro atoms. The van der Waals surface area contributed by atoms with E-state index in [2.05, 4.69) is 20.9 Å². The van der Waals surface area contributed by atoms with E-state index < -0.39 is 14.2 Å². The maximum Gasteiger partial charge on any atom is 0.488 e. The number of anilines is 2. The molecule has 5 rings (SSSR count). The van der Waals surface area contributed by atoms with E-state index in [1.165, 1.54) is 0 Å². The number of benzene rings is 2. The number of aromatic nitrogens is 2. The molecule has 2 aromatic carbocycles. The fourth-order valence-corrected chi connectivity index (χ4v) is 2.94. The zero-order valence-electron chi connectivity index (χ0n) is 16.1. The fraction of sp³-hybridized carbons (Fsp3) is 0.222. The molecule has 12 heteroatoms. The standard InChI is InChI=1S/C10H11BN2O3.C8H9BN2O3/c14-11(15)6-1-4-9-8(5-6)10(13-16-9)12-7-2-3-7;1-10-8-6-4-5(9(12)13)2-3-7(6)14-11-8/h1,4-5,7,14-15H,2-3H2,(H,12,13);2-4,12-13H,1H3,(H,10,11). The van der Waals surface area contributed by atoms with Crippen molar-refractivity contribution < 1.29 is 29.1 Å². The quantitative estimate of drug-likeness (QED) is 0.240. The summed E-state index contributed by atoms with van der Waals surface area (Å²) < 4.78 is 10.1. The molecule has 154 valence electrons. The Morgan fingerprint density at radius 2 is 1.33 bits per heavy atom. The number of fused-ring (bicyclic) bond motifs is 2. The zero-order chi connectivity index (χ0) is 21.3. The molecule has 0 bridgehead atoms. The normalized spacial score (nSPS) is 13.1. The lowest BCUT2D eigenvalue weighted by Crippen LogP contribution is -2.29. The summed E-state index contributed by atoms with van der Waals surface area (Å²) in [6.45, 7) is 0. The van der Waals surface area contributed by atoms with Gasteiger partial charge in [-0.15, -0.1) is 0 Å². The first kappa shape index (κ1) is 20.2. The first-order chi connectivity index (χ1) is 14.5. The SMILES string of the molecule is CNc1noc2ccc(B(O)O)cc12.OB(O)c1ccc2onc(NC3CC3)c2c1. The Morgan fingerprint density at radius 1 is 0.833 bits per heavy atom. The van der Waals surface area contributed by atoms with Gasteiger partial charge >= 0.3 is 14.2 Å². The van der Waals surface area contributed by atoms with E-state index in [0.717, 1.165) is 23.6 Å². The lowest BCUT2D eigenvalue weighted by Gasteiger charge is -2.00. The molecule has 1 fully saturated rings. The van der Waals surface area contributed by atoms with Gasteiger partial charge in [-0.2, -0.15) is 0 Å². The van der Waals surface area contributed by atoms with Gasteiger partial charge in [-0.1, -0.05) is 22.4 Å². The third-order valence-electron chi connectivity index (χ3n) is 4.74. The second-order valence-electron chi connectivity index (χ2n) is 6.99. The molecular formula is C18H20B2N4O6. The summed E-state index contributed by atoms with van der Waals surface area (Å²) in [6, 6.07) is 10.3.